The number of sulfonamides is 1. The summed E-state index contributed by atoms with van der Waals surface area (Å²) in [6.45, 7) is 3.92. The van der Waals surface area contributed by atoms with E-state index < -0.39 is 22.1 Å². The molecule has 2 aromatic rings. The van der Waals surface area contributed by atoms with Gasteiger partial charge in [0.15, 0.2) is 0 Å². The van der Waals surface area contributed by atoms with Crippen molar-refractivity contribution in [3.05, 3.63) is 59.2 Å². The molecule has 0 aliphatic rings. The van der Waals surface area contributed by atoms with E-state index >= 15 is 0 Å². The second kappa shape index (κ2) is 17.2. The third-order valence-electron chi connectivity index (χ3n) is 6.33. The third-order valence-corrected chi connectivity index (χ3v) is 8.14. The van der Waals surface area contributed by atoms with E-state index in [0.717, 1.165) is 63.7 Å². The molecule has 2 rings (SSSR count). The first kappa shape index (κ1) is 32.7. The van der Waals surface area contributed by atoms with E-state index in [2.05, 4.69) is 5.32 Å². The number of aliphatic hydroxyl groups excluding tert-OH is 1. The Labute approximate surface area is 233 Å². The van der Waals surface area contributed by atoms with Crippen LogP contribution in [0.2, 0.25) is 0 Å². The average molecular weight is 565 g/mol. The molecule has 0 spiro atoms. The Morgan fingerprint density at radius 3 is 2.44 bits per heavy atom. The van der Waals surface area contributed by atoms with Gasteiger partial charge in [0.05, 0.1) is 11.0 Å². The lowest BCUT2D eigenvalue weighted by Gasteiger charge is -2.14. The van der Waals surface area contributed by atoms with Crippen molar-refractivity contribution in [3.8, 4) is 5.75 Å². The van der Waals surface area contributed by atoms with Crippen molar-refractivity contribution in [2.75, 3.05) is 40.4 Å². The maximum atomic E-state index is 12.3. The fourth-order valence-corrected chi connectivity index (χ4v) is 4.95. The predicted octanol–water partition coefficient (Wildman–Crippen LogP) is 3.93. The maximum absolute atomic E-state index is 12.3. The molecule has 0 amide bonds. The quantitative estimate of drug-likeness (QED) is 0.173. The molecule has 0 saturated carbocycles. The number of hydrogen-bond donors (Lipinski definition) is 3. The van der Waals surface area contributed by atoms with Gasteiger partial charge in [0.2, 0.25) is 10.0 Å². The van der Waals surface area contributed by atoms with Crippen LogP contribution in [-0.2, 0) is 37.3 Å². The number of ether oxygens (including phenoxy) is 2. The Morgan fingerprint density at radius 1 is 1.00 bits per heavy atom. The van der Waals surface area contributed by atoms with Gasteiger partial charge in [-0.25, -0.2) is 12.7 Å². The summed E-state index contributed by atoms with van der Waals surface area (Å²) in [6, 6.07) is 12.0. The number of carbonyl (C=O) groups excluding carboxylic acids is 1. The first-order valence-electron chi connectivity index (χ1n) is 13.5. The summed E-state index contributed by atoms with van der Waals surface area (Å²) in [5.74, 6) is -0.394. The van der Waals surface area contributed by atoms with E-state index in [0.29, 0.717) is 29.2 Å². The first-order chi connectivity index (χ1) is 18.6. The third kappa shape index (κ3) is 12.0. The normalized spacial score (nSPS) is 12.5. The lowest BCUT2D eigenvalue weighted by Crippen LogP contribution is -2.22. The molecule has 3 N–H and O–H groups in total. The van der Waals surface area contributed by atoms with Gasteiger partial charge < -0.3 is 25.0 Å². The summed E-state index contributed by atoms with van der Waals surface area (Å²) in [5, 5.41) is 23.6. The number of hydrogen-bond acceptors (Lipinski definition) is 8. The highest BCUT2D eigenvalue weighted by Crippen LogP contribution is 2.23. The largest absolute Gasteiger partial charge is 0.508 e. The van der Waals surface area contributed by atoms with Gasteiger partial charge in [-0.05, 0) is 74.0 Å². The predicted molar refractivity (Wildman–Crippen MR) is 151 cm³/mol. The Bertz CT molecular complexity index is 1120. The molecular weight excluding hydrogens is 520 g/mol. The number of phenolic OH excluding ortho intramolecular Hbond substituents is 1. The molecule has 0 bridgehead atoms. The van der Waals surface area contributed by atoms with E-state index in [1.807, 2.05) is 6.07 Å². The van der Waals surface area contributed by atoms with Crippen LogP contribution in [0.1, 0.15) is 68.2 Å². The van der Waals surface area contributed by atoms with Gasteiger partial charge >= 0.3 is 5.97 Å². The number of carbonyl (C=O) groups is 1. The number of unbranched alkanes of at least 4 members (excludes halogenated alkanes) is 4. The number of benzene rings is 2. The average Bonchev–Trinajstić information content (AvgIpc) is 2.90. The summed E-state index contributed by atoms with van der Waals surface area (Å²) in [6.07, 6.45) is 6.14. The maximum Gasteiger partial charge on any atom is 0.302 e. The van der Waals surface area contributed by atoms with Gasteiger partial charge in [0.1, 0.15) is 12.4 Å². The number of phenols is 1. The van der Waals surface area contributed by atoms with Crippen molar-refractivity contribution in [3.63, 3.8) is 0 Å². The summed E-state index contributed by atoms with van der Waals surface area (Å²) in [7, 11) is -0.330. The standard InChI is InChI=1S/C29H44N2O7S/c1-23(32)38-22-26-20-25(14-15-28(26)33)29(34)21-30-16-7-4-5-8-17-37-18-9-6-11-24-12-10-13-27(19-24)39(35,36)31(2)3/h10,12-15,19-20,29-30,33-34H,4-9,11,16-18,21-22H2,1-3H3/t29-/m0/s1. The fourth-order valence-electron chi connectivity index (χ4n) is 3.98. The molecule has 0 aliphatic heterocycles. The van der Waals surface area contributed by atoms with E-state index in [1.165, 1.54) is 31.4 Å². The summed E-state index contributed by atoms with van der Waals surface area (Å²) in [4.78, 5) is 11.3. The van der Waals surface area contributed by atoms with Crippen LogP contribution in [0.15, 0.2) is 47.4 Å². The molecule has 1 atom stereocenters. The molecular formula is C29H44N2O7S. The second-order valence-corrected chi connectivity index (χ2v) is 12.0. The van der Waals surface area contributed by atoms with E-state index in [9.17, 15) is 23.4 Å². The fraction of sp³-hybridized carbons (Fsp3) is 0.552. The van der Waals surface area contributed by atoms with Gasteiger partial charge in [0, 0.05) is 46.3 Å². The molecule has 0 aliphatic carbocycles. The van der Waals surface area contributed by atoms with Crippen molar-refractivity contribution >= 4 is 16.0 Å². The van der Waals surface area contributed by atoms with Crippen LogP contribution in [0.5, 0.6) is 5.75 Å². The van der Waals surface area contributed by atoms with Crippen LogP contribution >= 0.6 is 0 Å². The second-order valence-electron chi connectivity index (χ2n) is 9.81. The molecule has 0 aromatic heterocycles. The van der Waals surface area contributed by atoms with Crippen LogP contribution in [0, 0.1) is 0 Å². The SMILES string of the molecule is CC(=O)OCc1cc([C@@H](O)CNCCCCCCOCCCCc2cccc(S(=O)(=O)N(C)C)c2)ccc1O. The lowest BCUT2D eigenvalue weighted by molar-refractivity contribution is -0.142. The topological polar surface area (TPSA) is 125 Å². The van der Waals surface area contributed by atoms with Crippen LogP contribution in [0.25, 0.3) is 0 Å². The molecule has 0 saturated heterocycles. The van der Waals surface area contributed by atoms with Crippen molar-refractivity contribution in [2.24, 2.45) is 0 Å². The monoisotopic (exact) mass is 564 g/mol. The van der Waals surface area contributed by atoms with Gasteiger partial charge in [-0.3, -0.25) is 4.79 Å². The van der Waals surface area contributed by atoms with Crippen molar-refractivity contribution in [1.29, 1.82) is 0 Å². The van der Waals surface area contributed by atoms with Gasteiger partial charge in [-0.15, -0.1) is 0 Å². The first-order valence-corrected chi connectivity index (χ1v) is 15.0. The number of esters is 1. The number of aromatic hydroxyl groups is 1. The van der Waals surface area contributed by atoms with Gasteiger partial charge in [-0.1, -0.05) is 31.0 Å². The zero-order chi connectivity index (χ0) is 28.7. The van der Waals surface area contributed by atoms with Crippen molar-refractivity contribution in [1.82, 2.24) is 9.62 Å². The highest BCUT2D eigenvalue weighted by molar-refractivity contribution is 7.89. The zero-order valence-corrected chi connectivity index (χ0v) is 24.2. The highest BCUT2D eigenvalue weighted by Gasteiger charge is 2.17. The molecule has 9 nitrogen and oxygen atoms in total. The molecule has 0 heterocycles. The van der Waals surface area contributed by atoms with Crippen LogP contribution < -0.4 is 5.32 Å². The molecule has 39 heavy (non-hydrogen) atoms. The highest BCUT2D eigenvalue weighted by atomic mass is 32.2. The van der Waals surface area contributed by atoms with E-state index in [-0.39, 0.29) is 12.4 Å². The molecule has 0 unspecified atom stereocenters. The molecule has 218 valence electrons. The Morgan fingerprint density at radius 2 is 1.72 bits per heavy atom. The summed E-state index contributed by atoms with van der Waals surface area (Å²) in [5.41, 5.74) is 2.14. The van der Waals surface area contributed by atoms with Crippen LogP contribution in [0.4, 0.5) is 0 Å². The number of nitrogens with one attached hydrogen (secondary N) is 1. The van der Waals surface area contributed by atoms with Gasteiger partial charge in [0.25, 0.3) is 0 Å². The summed E-state index contributed by atoms with van der Waals surface area (Å²) >= 11 is 0. The Kier molecular flexibility index (Phi) is 14.5. The number of nitrogens with zero attached hydrogens (tertiary/aromatic N) is 1. The minimum Gasteiger partial charge on any atom is -0.508 e. The van der Waals surface area contributed by atoms with Gasteiger partial charge in [-0.2, -0.15) is 0 Å². The van der Waals surface area contributed by atoms with E-state index in [4.69, 9.17) is 9.47 Å². The summed E-state index contributed by atoms with van der Waals surface area (Å²) < 4.78 is 36.4. The number of aliphatic hydroxyl groups is 1. The molecule has 10 heteroatoms. The molecule has 2 aromatic carbocycles. The van der Waals surface area contributed by atoms with Crippen molar-refractivity contribution < 1.29 is 32.9 Å². The van der Waals surface area contributed by atoms with Crippen LogP contribution in [-0.4, -0.2) is 69.3 Å². The number of aryl methyl sites for hydroxylation is 1. The number of rotatable bonds is 19. The van der Waals surface area contributed by atoms with Crippen LogP contribution in [0.3, 0.4) is 0 Å². The van der Waals surface area contributed by atoms with Crippen molar-refractivity contribution in [2.45, 2.75) is 69.5 Å². The van der Waals surface area contributed by atoms with E-state index in [1.54, 1.807) is 30.3 Å². The Hall–Kier alpha value is -2.50. The molecule has 0 radical (unpaired) electrons. The minimum atomic E-state index is -3.40. The minimum absolute atomic E-state index is 0.0289. The Balaban J connectivity index is 1.49. The molecule has 0 fully saturated rings. The lowest BCUT2D eigenvalue weighted by atomic mass is 10.1. The zero-order valence-electron chi connectivity index (χ0n) is 23.4. The smallest absolute Gasteiger partial charge is 0.302 e.